The van der Waals surface area contributed by atoms with Gasteiger partial charge in [0.1, 0.15) is 17.5 Å². The molecule has 20 heavy (non-hydrogen) atoms. The summed E-state index contributed by atoms with van der Waals surface area (Å²) in [5.74, 6) is -0.382. The number of methoxy groups -OCH3 is 1. The number of esters is 1. The quantitative estimate of drug-likeness (QED) is 0.868. The van der Waals surface area contributed by atoms with Crippen LogP contribution in [-0.4, -0.2) is 23.6 Å². The van der Waals surface area contributed by atoms with Crippen LogP contribution < -0.4 is 5.32 Å². The fourth-order valence-electron chi connectivity index (χ4n) is 1.76. The first-order chi connectivity index (χ1) is 9.42. The van der Waals surface area contributed by atoms with Gasteiger partial charge >= 0.3 is 5.97 Å². The van der Waals surface area contributed by atoms with Gasteiger partial charge in [-0.15, -0.1) is 0 Å². The molecule has 0 radical (unpaired) electrons. The molecular weight excluding hydrogens is 256 g/mol. The zero-order valence-corrected chi connectivity index (χ0v) is 12.1. The van der Waals surface area contributed by atoms with Crippen molar-refractivity contribution >= 4 is 12.0 Å². The maximum absolute atomic E-state index is 11.6. The van der Waals surface area contributed by atoms with E-state index in [1.807, 2.05) is 31.2 Å². The highest BCUT2D eigenvalue weighted by Gasteiger charge is 2.30. The molecule has 0 atom stereocenters. The largest absolute Gasteiger partial charge is 0.467 e. The number of rotatable bonds is 4. The van der Waals surface area contributed by atoms with Crippen molar-refractivity contribution in [2.75, 3.05) is 12.4 Å². The second-order valence-corrected chi connectivity index (χ2v) is 5.15. The summed E-state index contributed by atoms with van der Waals surface area (Å²) in [6, 6.07) is 8.26. The highest BCUT2D eigenvalue weighted by Crippen LogP contribution is 2.23. The smallest absolute Gasteiger partial charge is 0.331 e. The molecular formula is C15H18N2O3. The Balaban J connectivity index is 2.17. The molecule has 5 heteroatoms. The lowest BCUT2D eigenvalue weighted by Crippen LogP contribution is -2.41. The number of aryl methyl sites for hydroxylation is 1. The van der Waals surface area contributed by atoms with Gasteiger partial charge in [-0.05, 0) is 20.8 Å². The maximum atomic E-state index is 11.6. The first-order valence-electron chi connectivity index (χ1n) is 6.31. The first-order valence-corrected chi connectivity index (χ1v) is 6.31. The second-order valence-electron chi connectivity index (χ2n) is 5.15. The molecule has 1 aromatic carbocycles. The van der Waals surface area contributed by atoms with Gasteiger partial charge in [0.15, 0.2) is 0 Å². The van der Waals surface area contributed by atoms with E-state index in [2.05, 4.69) is 10.3 Å². The Morgan fingerprint density at radius 1 is 1.30 bits per heavy atom. The number of carbonyl (C=O) groups is 1. The standard InChI is InChI=1S/C15H18N2O3/c1-10-5-7-11(8-6-10)12-9-20-14(16-12)17-15(2,3)13(18)19-4/h5-9H,1-4H3,(H,16,17). The second kappa shape index (κ2) is 5.36. The van der Waals surface area contributed by atoms with Crippen molar-refractivity contribution in [1.82, 2.24) is 4.98 Å². The molecule has 5 nitrogen and oxygen atoms in total. The Morgan fingerprint density at radius 2 is 1.95 bits per heavy atom. The molecule has 1 N–H and O–H groups in total. The van der Waals surface area contributed by atoms with Crippen LogP contribution in [0.1, 0.15) is 19.4 Å². The minimum atomic E-state index is -0.899. The molecule has 0 saturated heterocycles. The van der Waals surface area contributed by atoms with Crippen LogP contribution in [0.15, 0.2) is 34.9 Å². The Kier molecular flexibility index (Phi) is 3.79. The zero-order valence-electron chi connectivity index (χ0n) is 12.1. The molecule has 106 valence electrons. The van der Waals surface area contributed by atoms with E-state index in [9.17, 15) is 4.79 Å². The van der Waals surface area contributed by atoms with Crippen LogP contribution in [0, 0.1) is 6.92 Å². The van der Waals surface area contributed by atoms with Crippen molar-refractivity contribution in [3.8, 4) is 11.3 Å². The van der Waals surface area contributed by atoms with Gasteiger partial charge in [-0.3, -0.25) is 0 Å². The molecule has 2 aromatic rings. The maximum Gasteiger partial charge on any atom is 0.331 e. The number of benzene rings is 1. The van der Waals surface area contributed by atoms with Crippen LogP contribution in [0.2, 0.25) is 0 Å². The Hall–Kier alpha value is -2.30. The summed E-state index contributed by atoms with van der Waals surface area (Å²) in [5, 5.41) is 2.92. The molecule has 0 aliphatic rings. The Labute approximate surface area is 118 Å². The average Bonchev–Trinajstić information content (AvgIpc) is 2.86. The number of hydrogen-bond acceptors (Lipinski definition) is 5. The van der Waals surface area contributed by atoms with Gasteiger partial charge in [-0.25, -0.2) is 4.79 Å². The average molecular weight is 274 g/mol. The molecule has 0 aliphatic heterocycles. The van der Waals surface area contributed by atoms with E-state index in [0.29, 0.717) is 5.69 Å². The van der Waals surface area contributed by atoms with E-state index in [4.69, 9.17) is 9.15 Å². The molecule has 0 spiro atoms. The number of ether oxygens (including phenoxy) is 1. The van der Waals surface area contributed by atoms with E-state index in [-0.39, 0.29) is 12.0 Å². The van der Waals surface area contributed by atoms with Crippen LogP contribution in [0.4, 0.5) is 6.01 Å². The van der Waals surface area contributed by atoms with Gasteiger partial charge in [0.25, 0.3) is 6.01 Å². The monoisotopic (exact) mass is 274 g/mol. The molecule has 1 aromatic heterocycles. The summed E-state index contributed by atoms with van der Waals surface area (Å²) in [7, 11) is 1.35. The first kappa shape index (κ1) is 14.1. The van der Waals surface area contributed by atoms with Gasteiger partial charge < -0.3 is 14.5 Å². The third-order valence-electron chi connectivity index (χ3n) is 2.97. The van der Waals surface area contributed by atoms with Crippen molar-refractivity contribution in [3.05, 3.63) is 36.1 Å². The summed E-state index contributed by atoms with van der Waals surface area (Å²) >= 11 is 0. The number of nitrogens with zero attached hydrogens (tertiary/aromatic N) is 1. The molecule has 2 rings (SSSR count). The topological polar surface area (TPSA) is 64.4 Å². The van der Waals surface area contributed by atoms with Gasteiger partial charge in [-0.1, -0.05) is 29.8 Å². The van der Waals surface area contributed by atoms with Crippen LogP contribution in [0.5, 0.6) is 0 Å². The fourth-order valence-corrected chi connectivity index (χ4v) is 1.76. The van der Waals surface area contributed by atoms with Crippen LogP contribution in [0.25, 0.3) is 11.3 Å². The lowest BCUT2D eigenvalue weighted by atomic mass is 10.1. The molecule has 1 heterocycles. The minimum absolute atomic E-state index is 0.288. The third kappa shape index (κ3) is 2.99. The third-order valence-corrected chi connectivity index (χ3v) is 2.97. The van der Waals surface area contributed by atoms with E-state index in [1.165, 1.54) is 12.7 Å². The van der Waals surface area contributed by atoms with Crippen molar-refractivity contribution in [1.29, 1.82) is 0 Å². The molecule has 0 bridgehead atoms. The van der Waals surface area contributed by atoms with Crippen LogP contribution in [-0.2, 0) is 9.53 Å². The number of hydrogen-bond donors (Lipinski definition) is 1. The number of nitrogens with one attached hydrogen (secondary N) is 1. The lowest BCUT2D eigenvalue weighted by molar-refractivity contribution is -0.144. The molecule has 0 unspecified atom stereocenters. The summed E-state index contributed by atoms with van der Waals surface area (Å²) in [6.07, 6.45) is 1.56. The van der Waals surface area contributed by atoms with Gasteiger partial charge in [0.05, 0.1) is 7.11 Å². The van der Waals surface area contributed by atoms with Crippen molar-refractivity contribution in [2.24, 2.45) is 0 Å². The highest BCUT2D eigenvalue weighted by atomic mass is 16.5. The van der Waals surface area contributed by atoms with Crippen molar-refractivity contribution in [2.45, 2.75) is 26.3 Å². The number of anilines is 1. The highest BCUT2D eigenvalue weighted by molar-refractivity contribution is 5.82. The van der Waals surface area contributed by atoms with E-state index >= 15 is 0 Å². The van der Waals surface area contributed by atoms with Crippen molar-refractivity contribution in [3.63, 3.8) is 0 Å². The van der Waals surface area contributed by atoms with Gasteiger partial charge in [0.2, 0.25) is 0 Å². The van der Waals surface area contributed by atoms with E-state index in [1.54, 1.807) is 20.1 Å². The fraction of sp³-hybridized carbons (Fsp3) is 0.333. The summed E-state index contributed by atoms with van der Waals surface area (Å²) < 4.78 is 10.1. The predicted octanol–water partition coefficient (Wildman–Crippen LogP) is 3.01. The number of aromatic nitrogens is 1. The van der Waals surface area contributed by atoms with Gasteiger partial charge in [0, 0.05) is 5.56 Å². The van der Waals surface area contributed by atoms with E-state index < -0.39 is 5.54 Å². The summed E-state index contributed by atoms with van der Waals surface area (Å²) in [5.41, 5.74) is 1.96. The lowest BCUT2D eigenvalue weighted by Gasteiger charge is -2.21. The van der Waals surface area contributed by atoms with Crippen LogP contribution in [0.3, 0.4) is 0 Å². The Morgan fingerprint density at radius 3 is 2.55 bits per heavy atom. The Bertz CT molecular complexity index is 600. The SMILES string of the molecule is COC(=O)C(C)(C)Nc1nc(-c2ccc(C)cc2)co1. The zero-order chi connectivity index (χ0) is 14.8. The minimum Gasteiger partial charge on any atom is -0.467 e. The summed E-state index contributed by atoms with van der Waals surface area (Å²) in [6.45, 7) is 5.43. The summed E-state index contributed by atoms with van der Waals surface area (Å²) in [4.78, 5) is 15.9. The van der Waals surface area contributed by atoms with Crippen molar-refractivity contribution < 1.29 is 13.9 Å². The molecule has 0 amide bonds. The number of carbonyl (C=O) groups excluding carboxylic acids is 1. The molecule has 0 saturated carbocycles. The normalized spacial score (nSPS) is 11.2. The van der Waals surface area contributed by atoms with E-state index in [0.717, 1.165) is 5.56 Å². The van der Waals surface area contributed by atoms with Crippen LogP contribution >= 0.6 is 0 Å². The molecule has 0 fully saturated rings. The predicted molar refractivity (Wildman–Crippen MR) is 76.4 cm³/mol. The number of oxazole rings is 1. The molecule has 0 aliphatic carbocycles. The van der Waals surface area contributed by atoms with Gasteiger partial charge in [-0.2, -0.15) is 4.98 Å².